The van der Waals surface area contributed by atoms with Crippen LogP contribution in [0.25, 0.3) is 0 Å². The Hall–Kier alpha value is -1.75. The fraction of sp³-hybridized carbons (Fsp3) is 0.632. The van der Waals surface area contributed by atoms with Crippen LogP contribution in [0.15, 0.2) is 12.1 Å². The van der Waals surface area contributed by atoms with Crippen molar-refractivity contribution in [1.29, 1.82) is 0 Å². The summed E-state index contributed by atoms with van der Waals surface area (Å²) < 4.78 is 5.27. The summed E-state index contributed by atoms with van der Waals surface area (Å²) in [7, 11) is 0. The molecule has 0 aromatic heterocycles. The van der Waals surface area contributed by atoms with Crippen molar-refractivity contribution in [2.45, 2.75) is 71.6 Å². The first kappa shape index (κ1) is 18.6. The number of fused-ring (bicyclic) bond motifs is 1. The molecule has 1 aromatic rings. The van der Waals surface area contributed by atoms with Crippen LogP contribution < -0.4 is 10.6 Å². The van der Waals surface area contributed by atoms with Gasteiger partial charge in [0, 0.05) is 24.2 Å². The van der Waals surface area contributed by atoms with Crippen molar-refractivity contribution in [1.82, 2.24) is 10.6 Å². The van der Waals surface area contributed by atoms with E-state index in [1.165, 1.54) is 11.1 Å². The largest absolute Gasteiger partial charge is 0.508 e. The Morgan fingerprint density at radius 2 is 2.04 bits per heavy atom. The average Bonchev–Trinajstić information content (AvgIpc) is 2.76. The SMILES string of the molecule is Cc1ccc(O)c2c1C(C)CC2NCC(C)NC(=O)OC(C)(C)C. The molecule has 5 nitrogen and oxygen atoms in total. The highest BCUT2D eigenvalue weighted by Crippen LogP contribution is 2.45. The molecule has 0 fully saturated rings. The normalized spacial score (nSPS) is 21.2. The van der Waals surface area contributed by atoms with Crippen LogP contribution >= 0.6 is 0 Å². The molecule has 1 aliphatic carbocycles. The summed E-state index contributed by atoms with van der Waals surface area (Å²) in [6.45, 7) is 12.4. The van der Waals surface area contributed by atoms with Crippen molar-refractivity contribution in [2.75, 3.05) is 6.54 Å². The lowest BCUT2D eigenvalue weighted by atomic mass is 9.97. The average molecular weight is 334 g/mol. The third kappa shape index (κ3) is 4.41. The van der Waals surface area contributed by atoms with Gasteiger partial charge in [-0.3, -0.25) is 0 Å². The summed E-state index contributed by atoms with van der Waals surface area (Å²) in [5.74, 6) is 0.768. The molecule has 1 amide bonds. The lowest BCUT2D eigenvalue weighted by Gasteiger charge is -2.23. The van der Waals surface area contributed by atoms with Crippen LogP contribution in [0, 0.1) is 6.92 Å². The Morgan fingerprint density at radius 1 is 1.38 bits per heavy atom. The zero-order valence-corrected chi connectivity index (χ0v) is 15.6. The Morgan fingerprint density at radius 3 is 2.67 bits per heavy atom. The van der Waals surface area contributed by atoms with E-state index in [1.54, 1.807) is 6.07 Å². The Labute approximate surface area is 144 Å². The predicted molar refractivity (Wildman–Crippen MR) is 95.5 cm³/mol. The maximum atomic E-state index is 11.8. The summed E-state index contributed by atoms with van der Waals surface area (Å²) in [6.07, 6.45) is 0.545. The summed E-state index contributed by atoms with van der Waals surface area (Å²) >= 11 is 0. The van der Waals surface area contributed by atoms with E-state index < -0.39 is 11.7 Å². The van der Waals surface area contributed by atoms with Gasteiger partial charge in [0.25, 0.3) is 0 Å². The van der Waals surface area contributed by atoms with Gasteiger partial charge in [-0.2, -0.15) is 0 Å². The van der Waals surface area contributed by atoms with Crippen LogP contribution in [0.4, 0.5) is 4.79 Å². The number of aromatic hydroxyl groups is 1. The molecule has 0 heterocycles. The summed E-state index contributed by atoms with van der Waals surface area (Å²) in [5, 5.41) is 16.6. The smallest absolute Gasteiger partial charge is 0.407 e. The maximum Gasteiger partial charge on any atom is 0.407 e. The molecule has 0 bridgehead atoms. The van der Waals surface area contributed by atoms with Gasteiger partial charge in [0.05, 0.1) is 0 Å². The van der Waals surface area contributed by atoms with Crippen molar-refractivity contribution in [3.8, 4) is 5.75 Å². The number of aryl methyl sites for hydroxylation is 1. The molecular formula is C19H30N2O3. The molecular weight excluding hydrogens is 304 g/mol. The number of ether oxygens (including phenoxy) is 1. The summed E-state index contributed by atoms with van der Waals surface area (Å²) in [6, 6.07) is 3.78. The number of alkyl carbamates (subject to hydrolysis) is 1. The highest BCUT2D eigenvalue weighted by atomic mass is 16.6. The number of hydrogen-bond acceptors (Lipinski definition) is 4. The van der Waals surface area contributed by atoms with Crippen molar-refractivity contribution >= 4 is 6.09 Å². The lowest BCUT2D eigenvalue weighted by molar-refractivity contribution is 0.0507. The molecule has 0 spiro atoms. The second-order valence-corrected chi connectivity index (χ2v) is 7.87. The van der Waals surface area contributed by atoms with Crippen molar-refractivity contribution in [2.24, 2.45) is 0 Å². The van der Waals surface area contributed by atoms with Crippen molar-refractivity contribution in [3.63, 3.8) is 0 Å². The quantitative estimate of drug-likeness (QED) is 0.784. The van der Waals surface area contributed by atoms with Crippen LogP contribution in [0.1, 0.15) is 69.7 Å². The topological polar surface area (TPSA) is 70.6 Å². The second-order valence-electron chi connectivity index (χ2n) is 7.87. The van der Waals surface area contributed by atoms with Gasteiger partial charge in [0.15, 0.2) is 0 Å². The Bertz CT molecular complexity index is 607. The minimum Gasteiger partial charge on any atom is -0.508 e. The standard InChI is InChI=1S/C19H30N2O3/c1-11-7-8-15(22)17-14(9-12(2)16(11)17)20-10-13(3)21-18(23)24-19(4,5)6/h7-8,12-14,20,22H,9-10H2,1-6H3,(H,21,23). The number of phenolic OH excluding ortho intramolecular Hbond substituents is 1. The molecule has 2 rings (SSSR count). The van der Waals surface area contributed by atoms with Crippen LogP contribution in [0.3, 0.4) is 0 Å². The molecule has 0 aliphatic heterocycles. The number of carbonyl (C=O) groups is 1. The van der Waals surface area contributed by atoms with Gasteiger partial charge in [0.2, 0.25) is 0 Å². The van der Waals surface area contributed by atoms with E-state index in [0.717, 1.165) is 12.0 Å². The molecule has 5 heteroatoms. The second kappa shape index (κ2) is 7.01. The minimum absolute atomic E-state index is 0.0637. The van der Waals surface area contributed by atoms with Gasteiger partial charge in [-0.25, -0.2) is 4.79 Å². The van der Waals surface area contributed by atoms with E-state index in [0.29, 0.717) is 18.2 Å². The first-order valence-corrected chi connectivity index (χ1v) is 8.63. The number of nitrogens with one attached hydrogen (secondary N) is 2. The number of carbonyl (C=O) groups excluding carboxylic acids is 1. The van der Waals surface area contributed by atoms with Crippen LogP contribution in [0.5, 0.6) is 5.75 Å². The zero-order valence-electron chi connectivity index (χ0n) is 15.6. The molecule has 3 N–H and O–H groups in total. The third-order valence-electron chi connectivity index (χ3n) is 4.35. The van der Waals surface area contributed by atoms with Crippen LogP contribution in [-0.4, -0.2) is 29.4 Å². The Kier molecular flexibility index (Phi) is 5.43. The van der Waals surface area contributed by atoms with Gasteiger partial charge >= 0.3 is 6.09 Å². The fourth-order valence-corrected chi connectivity index (χ4v) is 3.41. The number of rotatable bonds is 4. The van der Waals surface area contributed by atoms with Gasteiger partial charge in [-0.05, 0) is 64.2 Å². The number of hydrogen-bond donors (Lipinski definition) is 3. The van der Waals surface area contributed by atoms with Gasteiger partial charge in [-0.15, -0.1) is 0 Å². The lowest BCUT2D eigenvalue weighted by Crippen LogP contribution is -2.43. The summed E-state index contributed by atoms with van der Waals surface area (Å²) in [4.78, 5) is 11.8. The monoisotopic (exact) mass is 334 g/mol. The highest BCUT2D eigenvalue weighted by Gasteiger charge is 2.32. The number of amides is 1. The summed E-state index contributed by atoms with van der Waals surface area (Å²) in [5.41, 5.74) is 2.98. The molecule has 0 radical (unpaired) electrons. The molecule has 24 heavy (non-hydrogen) atoms. The fourth-order valence-electron chi connectivity index (χ4n) is 3.41. The maximum absolute atomic E-state index is 11.8. The number of benzene rings is 1. The third-order valence-corrected chi connectivity index (χ3v) is 4.35. The van der Waals surface area contributed by atoms with Gasteiger partial charge in [0.1, 0.15) is 11.4 Å². The van der Waals surface area contributed by atoms with E-state index in [9.17, 15) is 9.90 Å². The van der Waals surface area contributed by atoms with Crippen molar-refractivity contribution in [3.05, 3.63) is 28.8 Å². The van der Waals surface area contributed by atoms with E-state index in [1.807, 2.05) is 33.8 Å². The van der Waals surface area contributed by atoms with Gasteiger partial charge in [-0.1, -0.05) is 13.0 Å². The Balaban J connectivity index is 1.95. The molecule has 3 atom stereocenters. The minimum atomic E-state index is -0.500. The van der Waals surface area contributed by atoms with E-state index in [-0.39, 0.29) is 12.1 Å². The first-order chi connectivity index (χ1) is 11.1. The van der Waals surface area contributed by atoms with Gasteiger partial charge < -0.3 is 20.5 Å². The predicted octanol–water partition coefficient (Wildman–Crippen LogP) is 3.75. The van der Waals surface area contributed by atoms with E-state index >= 15 is 0 Å². The molecule has 1 aliphatic rings. The van der Waals surface area contributed by atoms with Crippen molar-refractivity contribution < 1.29 is 14.6 Å². The highest BCUT2D eigenvalue weighted by molar-refractivity contribution is 5.68. The van der Waals surface area contributed by atoms with E-state index in [2.05, 4.69) is 24.5 Å². The first-order valence-electron chi connectivity index (χ1n) is 8.63. The number of phenols is 1. The molecule has 0 saturated heterocycles. The molecule has 0 saturated carbocycles. The van der Waals surface area contributed by atoms with Crippen LogP contribution in [-0.2, 0) is 4.74 Å². The molecule has 134 valence electrons. The molecule has 1 aromatic carbocycles. The van der Waals surface area contributed by atoms with Crippen LogP contribution in [0.2, 0.25) is 0 Å². The molecule has 3 unspecified atom stereocenters. The zero-order chi connectivity index (χ0) is 18.1. The van der Waals surface area contributed by atoms with E-state index in [4.69, 9.17) is 4.74 Å².